The highest BCUT2D eigenvalue weighted by Gasteiger charge is 2.22. The Labute approximate surface area is 139 Å². The maximum atomic E-state index is 12.1. The molecule has 2 aromatic rings. The topological polar surface area (TPSA) is 67.3 Å². The molecule has 2 aromatic heterocycles. The zero-order valence-corrected chi connectivity index (χ0v) is 13.9. The van der Waals surface area contributed by atoms with E-state index in [1.807, 2.05) is 29.8 Å². The lowest BCUT2D eigenvalue weighted by Crippen LogP contribution is -2.44. The fraction of sp³-hybridized carbons (Fsp3) is 0.438. The second-order valence-electron chi connectivity index (χ2n) is 5.39. The van der Waals surface area contributed by atoms with Crippen molar-refractivity contribution in [3.63, 3.8) is 0 Å². The Morgan fingerprint density at radius 1 is 1.43 bits per heavy atom. The fourth-order valence-electron chi connectivity index (χ4n) is 2.64. The number of nitrogens with zero attached hydrogens (tertiary/aromatic N) is 3. The molecule has 7 heteroatoms. The first kappa shape index (κ1) is 15.7. The molecule has 3 heterocycles. The zero-order chi connectivity index (χ0) is 16.1. The molecule has 0 aromatic carbocycles. The molecule has 1 saturated heterocycles. The van der Waals surface area contributed by atoms with E-state index in [1.54, 1.807) is 0 Å². The molecule has 1 aliphatic heterocycles. The van der Waals surface area contributed by atoms with Crippen LogP contribution in [0.3, 0.4) is 0 Å². The Kier molecular flexibility index (Phi) is 5.07. The highest BCUT2D eigenvalue weighted by molar-refractivity contribution is 7.08. The Balaban J connectivity index is 1.54. The average molecular weight is 332 g/mol. The second kappa shape index (κ2) is 7.41. The number of hydrogen-bond donors (Lipinski definition) is 1. The van der Waals surface area contributed by atoms with E-state index in [-0.39, 0.29) is 11.9 Å². The lowest BCUT2D eigenvalue weighted by atomic mass is 10.0. The van der Waals surface area contributed by atoms with Gasteiger partial charge in [0.15, 0.2) is 0 Å². The Morgan fingerprint density at radius 2 is 2.26 bits per heavy atom. The minimum atomic E-state index is 0.0189. The first-order valence-corrected chi connectivity index (χ1v) is 8.73. The van der Waals surface area contributed by atoms with Crippen LogP contribution in [-0.4, -0.2) is 41.6 Å². The SMILES string of the molecule is CCOc1cc(N2CCC(NC(=O)c3ccsc3)CC2)ncn1. The fourth-order valence-corrected chi connectivity index (χ4v) is 3.28. The van der Waals surface area contributed by atoms with Gasteiger partial charge in [0.05, 0.1) is 6.61 Å². The van der Waals surface area contributed by atoms with Gasteiger partial charge in [-0.2, -0.15) is 11.3 Å². The molecule has 0 atom stereocenters. The first-order valence-electron chi connectivity index (χ1n) is 7.79. The van der Waals surface area contributed by atoms with Crippen LogP contribution in [0.1, 0.15) is 30.1 Å². The normalized spacial score (nSPS) is 15.4. The van der Waals surface area contributed by atoms with Crippen LogP contribution in [0.25, 0.3) is 0 Å². The predicted molar refractivity (Wildman–Crippen MR) is 90.2 cm³/mol. The number of ether oxygens (including phenoxy) is 1. The van der Waals surface area contributed by atoms with Gasteiger partial charge in [-0.05, 0) is 31.2 Å². The molecule has 0 unspecified atom stereocenters. The van der Waals surface area contributed by atoms with Gasteiger partial charge < -0.3 is 15.0 Å². The molecule has 1 amide bonds. The summed E-state index contributed by atoms with van der Waals surface area (Å²) in [6.07, 6.45) is 3.35. The second-order valence-corrected chi connectivity index (χ2v) is 6.17. The van der Waals surface area contributed by atoms with Crippen molar-refractivity contribution in [3.05, 3.63) is 34.8 Å². The van der Waals surface area contributed by atoms with Crippen molar-refractivity contribution in [3.8, 4) is 5.88 Å². The highest BCUT2D eigenvalue weighted by Crippen LogP contribution is 2.20. The number of carbonyl (C=O) groups is 1. The summed E-state index contributed by atoms with van der Waals surface area (Å²) < 4.78 is 5.42. The van der Waals surface area contributed by atoms with Crippen LogP contribution in [0, 0.1) is 0 Å². The van der Waals surface area contributed by atoms with E-state index < -0.39 is 0 Å². The van der Waals surface area contributed by atoms with Crippen molar-refractivity contribution in [1.29, 1.82) is 0 Å². The van der Waals surface area contributed by atoms with Crippen molar-refractivity contribution < 1.29 is 9.53 Å². The van der Waals surface area contributed by atoms with Crippen molar-refractivity contribution in [2.45, 2.75) is 25.8 Å². The van der Waals surface area contributed by atoms with Gasteiger partial charge in [0.25, 0.3) is 5.91 Å². The van der Waals surface area contributed by atoms with Gasteiger partial charge in [-0.1, -0.05) is 0 Å². The van der Waals surface area contributed by atoms with E-state index in [0.717, 1.165) is 37.3 Å². The van der Waals surface area contributed by atoms with Crippen LogP contribution in [0.15, 0.2) is 29.2 Å². The van der Waals surface area contributed by atoms with Crippen LogP contribution >= 0.6 is 11.3 Å². The third-order valence-electron chi connectivity index (χ3n) is 3.86. The van der Waals surface area contributed by atoms with E-state index in [1.165, 1.54) is 17.7 Å². The molecule has 0 saturated carbocycles. The predicted octanol–water partition coefficient (Wildman–Crippen LogP) is 2.34. The lowest BCUT2D eigenvalue weighted by molar-refractivity contribution is 0.0931. The minimum Gasteiger partial charge on any atom is -0.478 e. The maximum absolute atomic E-state index is 12.1. The molecule has 1 N–H and O–H groups in total. The number of thiophene rings is 1. The molecule has 6 nitrogen and oxygen atoms in total. The summed E-state index contributed by atoms with van der Waals surface area (Å²) >= 11 is 1.54. The van der Waals surface area contributed by atoms with E-state index in [0.29, 0.717) is 12.5 Å². The van der Waals surface area contributed by atoms with Crippen LogP contribution in [0.5, 0.6) is 5.88 Å². The summed E-state index contributed by atoms with van der Waals surface area (Å²) in [6.45, 7) is 4.24. The summed E-state index contributed by atoms with van der Waals surface area (Å²) in [6, 6.07) is 3.94. The monoisotopic (exact) mass is 332 g/mol. The van der Waals surface area contributed by atoms with E-state index in [4.69, 9.17) is 4.74 Å². The van der Waals surface area contributed by atoms with Crippen molar-refractivity contribution in [2.24, 2.45) is 0 Å². The maximum Gasteiger partial charge on any atom is 0.252 e. The van der Waals surface area contributed by atoms with Gasteiger partial charge in [0, 0.05) is 36.1 Å². The van der Waals surface area contributed by atoms with Crippen molar-refractivity contribution >= 4 is 23.1 Å². The Hall–Kier alpha value is -2.15. The highest BCUT2D eigenvalue weighted by atomic mass is 32.1. The molecule has 0 bridgehead atoms. The molecule has 1 aliphatic rings. The first-order chi connectivity index (χ1) is 11.3. The van der Waals surface area contributed by atoms with Crippen LogP contribution in [0.2, 0.25) is 0 Å². The molecule has 0 aliphatic carbocycles. The van der Waals surface area contributed by atoms with Gasteiger partial charge in [-0.3, -0.25) is 4.79 Å². The van der Waals surface area contributed by atoms with Crippen LogP contribution < -0.4 is 15.0 Å². The molecule has 0 radical (unpaired) electrons. The van der Waals surface area contributed by atoms with Crippen LogP contribution in [-0.2, 0) is 0 Å². The standard InChI is InChI=1S/C16H20N4O2S/c1-2-22-15-9-14(17-11-18-15)20-6-3-13(4-7-20)19-16(21)12-5-8-23-10-12/h5,8-11,13H,2-4,6-7H2,1H3,(H,19,21). The summed E-state index contributed by atoms with van der Waals surface area (Å²) in [4.78, 5) is 22.7. The van der Waals surface area contributed by atoms with Gasteiger partial charge in [0.1, 0.15) is 12.1 Å². The van der Waals surface area contributed by atoms with Gasteiger partial charge in [-0.15, -0.1) is 0 Å². The van der Waals surface area contributed by atoms with Crippen molar-refractivity contribution in [1.82, 2.24) is 15.3 Å². The Morgan fingerprint density at radius 3 is 2.96 bits per heavy atom. The largest absolute Gasteiger partial charge is 0.478 e. The third kappa shape index (κ3) is 3.98. The number of amides is 1. The summed E-state index contributed by atoms with van der Waals surface area (Å²) in [5.41, 5.74) is 0.745. The smallest absolute Gasteiger partial charge is 0.252 e. The molecule has 0 spiro atoms. The lowest BCUT2D eigenvalue weighted by Gasteiger charge is -2.33. The zero-order valence-electron chi connectivity index (χ0n) is 13.1. The van der Waals surface area contributed by atoms with Crippen molar-refractivity contribution in [2.75, 3.05) is 24.6 Å². The summed E-state index contributed by atoms with van der Waals surface area (Å²) in [5, 5.41) is 6.90. The quantitative estimate of drug-likeness (QED) is 0.910. The summed E-state index contributed by atoms with van der Waals surface area (Å²) in [5.74, 6) is 1.50. The number of anilines is 1. The summed E-state index contributed by atoms with van der Waals surface area (Å²) in [7, 11) is 0. The van der Waals surface area contributed by atoms with Gasteiger partial charge in [-0.25, -0.2) is 9.97 Å². The van der Waals surface area contributed by atoms with Crippen LogP contribution in [0.4, 0.5) is 5.82 Å². The van der Waals surface area contributed by atoms with Gasteiger partial charge in [0.2, 0.25) is 5.88 Å². The molecule has 122 valence electrons. The Bertz CT molecular complexity index is 639. The minimum absolute atomic E-state index is 0.0189. The number of rotatable bonds is 5. The average Bonchev–Trinajstić information content (AvgIpc) is 3.11. The molecule has 23 heavy (non-hydrogen) atoms. The van der Waals surface area contributed by atoms with E-state index >= 15 is 0 Å². The molecular formula is C16H20N4O2S. The number of nitrogens with one attached hydrogen (secondary N) is 1. The van der Waals surface area contributed by atoms with E-state index in [2.05, 4.69) is 20.2 Å². The third-order valence-corrected chi connectivity index (χ3v) is 4.54. The number of aromatic nitrogens is 2. The molecule has 1 fully saturated rings. The van der Waals surface area contributed by atoms with E-state index in [9.17, 15) is 4.79 Å². The molecule has 3 rings (SSSR count). The number of piperidine rings is 1. The number of carbonyl (C=O) groups excluding carboxylic acids is 1. The molecular weight excluding hydrogens is 312 g/mol. The number of hydrogen-bond acceptors (Lipinski definition) is 6. The van der Waals surface area contributed by atoms with Gasteiger partial charge >= 0.3 is 0 Å².